The molecule has 0 aliphatic rings. The molecule has 3 N–H and O–H groups in total. The molecule has 19 heavy (non-hydrogen) atoms. The highest BCUT2D eigenvalue weighted by atomic mass is 16.5. The van der Waals surface area contributed by atoms with Crippen molar-refractivity contribution >= 4 is 17.5 Å². The Morgan fingerprint density at radius 1 is 1.32 bits per heavy atom. The van der Waals surface area contributed by atoms with Crippen LogP contribution in [0.2, 0.25) is 0 Å². The number of ether oxygens (including phenoxy) is 1. The first-order chi connectivity index (χ1) is 9.20. The van der Waals surface area contributed by atoms with Crippen LogP contribution < -0.4 is 11.1 Å². The maximum atomic E-state index is 11.6. The molecular formula is C14H15N3O2. The monoisotopic (exact) mass is 257 g/mol. The lowest BCUT2D eigenvalue weighted by molar-refractivity contribution is 0.0601. The van der Waals surface area contributed by atoms with E-state index in [4.69, 9.17) is 10.5 Å². The Bertz CT molecular complexity index is 567. The summed E-state index contributed by atoms with van der Waals surface area (Å²) in [6, 6.07) is 10.9. The molecule has 5 heteroatoms. The molecule has 2 rings (SSSR count). The molecular weight excluding hydrogens is 242 g/mol. The van der Waals surface area contributed by atoms with Gasteiger partial charge in [0.1, 0.15) is 11.4 Å². The lowest BCUT2D eigenvalue weighted by Gasteiger charge is -2.09. The average Bonchev–Trinajstić information content (AvgIpc) is 2.46. The number of pyridine rings is 1. The number of esters is 1. The molecule has 1 heterocycles. The Hall–Kier alpha value is -2.56. The minimum absolute atomic E-state index is 0.409. The molecule has 0 spiro atoms. The molecule has 0 bridgehead atoms. The van der Waals surface area contributed by atoms with Crippen molar-refractivity contribution in [1.29, 1.82) is 0 Å². The van der Waals surface area contributed by atoms with E-state index in [0.717, 1.165) is 11.3 Å². The minimum Gasteiger partial charge on any atom is -0.465 e. The average molecular weight is 257 g/mol. The van der Waals surface area contributed by atoms with Crippen molar-refractivity contribution in [2.24, 2.45) is 0 Å². The molecule has 0 aliphatic heterocycles. The van der Waals surface area contributed by atoms with E-state index in [0.29, 0.717) is 17.9 Å². The van der Waals surface area contributed by atoms with Crippen LogP contribution in [0.25, 0.3) is 0 Å². The van der Waals surface area contributed by atoms with Crippen LogP contribution in [-0.2, 0) is 11.3 Å². The first-order valence-corrected chi connectivity index (χ1v) is 5.82. The van der Waals surface area contributed by atoms with E-state index in [1.165, 1.54) is 7.11 Å². The van der Waals surface area contributed by atoms with Gasteiger partial charge in [-0.2, -0.15) is 0 Å². The Balaban J connectivity index is 2.11. The largest absolute Gasteiger partial charge is 0.465 e. The lowest BCUT2D eigenvalue weighted by Crippen LogP contribution is -2.09. The van der Waals surface area contributed by atoms with Crippen LogP contribution in [0.4, 0.5) is 11.5 Å². The minimum atomic E-state index is -0.409. The molecule has 1 aromatic heterocycles. The summed E-state index contributed by atoms with van der Waals surface area (Å²) in [7, 11) is 1.35. The number of methoxy groups -OCH3 is 1. The fraction of sp³-hybridized carbons (Fsp3) is 0.143. The number of benzene rings is 1. The summed E-state index contributed by atoms with van der Waals surface area (Å²) in [5, 5.41) is 3.11. The van der Waals surface area contributed by atoms with Gasteiger partial charge in [-0.1, -0.05) is 12.1 Å². The van der Waals surface area contributed by atoms with Gasteiger partial charge in [0.05, 0.1) is 7.11 Å². The molecule has 0 aliphatic carbocycles. The molecule has 0 saturated carbocycles. The summed E-state index contributed by atoms with van der Waals surface area (Å²) in [5.41, 5.74) is 7.81. The van der Waals surface area contributed by atoms with E-state index in [-0.39, 0.29) is 0 Å². The van der Waals surface area contributed by atoms with Gasteiger partial charge >= 0.3 is 5.97 Å². The van der Waals surface area contributed by atoms with Crippen molar-refractivity contribution in [3.05, 3.63) is 53.7 Å². The summed E-state index contributed by atoms with van der Waals surface area (Å²) in [5.74, 6) is 0.0964. The highest BCUT2D eigenvalue weighted by Gasteiger charge is 2.11. The number of nitrogens with one attached hydrogen (secondary N) is 1. The van der Waals surface area contributed by atoms with Crippen LogP contribution in [0.5, 0.6) is 0 Å². The van der Waals surface area contributed by atoms with Gasteiger partial charge in [0.15, 0.2) is 0 Å². The Morgan fingerprint density at radius 3 is 2.74 bits per heavy atom. The van der Waals surface area contributed by atoms with Gasteiger partial charge in [-0.05, 0) is 29.8 Å². The second-order valence-electron chi connectivity index (χ2n) is 3.99. The van der Waals surface area contributed by atoms with Crippen molar-refractivity contribution in [3.63, 3.8) is 0 Å². The van der Waals surface area contributed by atoms with Crippen molar-refractivity contribution in [2.75, 3.05) is 18.2 Å². The smallest absolute Gasteiger partial charge is 0.341 e. The van der Waals surface area contributed by atoms with Crippen LogP contribution in [0.15, 0.2) is 42.6 Å². The fourth-order valence-electron chi connectivity index (χ4n) is 1.64. The van der Waals surface area contributed by atoms with Gasteiger partial charge in [-0.15, -0.1) is 0 Å². The van der Waals surface area contributed by atoms with Crippen molar-refractivity contribution in [2.45, 2.75) is 6.54 Å². The first kappa shape index (κ1) is 12.9. The molecule has 5 nitrogen and oxygen atoms in total. The topological polar surface area (TPSA) is 77.2 Å². The standard InChI is InChI=1S/C14H15N3O2/c1-19-14(18)12-3-2-8-16-13(12)17-9-10-4-6-11(15)7-5-10/h2-8H,9,15H2,1H3,(H,16,17). The molecule has 0 unspecified atom stereocenters. The third-order valence-electron chi connectivity index (χ3n) is 2.65. The van der Waals surface area contributed by atoms with E-state index < -0.39 is 5.97 Å². The molecule has 0 saturated heterocycles. The molecule has 0 amide bonds. The zero-order valence-electron chi connectivity index (χ0n) is 10.6. The van der Waals surface area contributed by atoms with E-state index in [9.17, 15) is 4.79 Å². The van der Waals surface area contributed by atoms with E-state index in [1.54, 1.807) is 18.3 Å². The highest BCUT2D eigenvalue weighted by Crippen LogP contribution is 2.14. The van der Waals surface area contributed by atoms with Crippen LogP contribution in [0.3, 0.4) is 0 Å². The Kier molecular flexibility index (Phi) is 3.97. The van der Waals surface area contributed by atoms with Crippen LogP contribution >= 0.6 is 0 Å². The zero-order valence-corrected chi connectivity index (χ0v) is 10.6. The summed E-state index contributed by atoms with van der Waals surface area (Å²) >= 11 is 0. The highest BCUT2D eigenvalue weighted by molar-refractivity contribution is 5.94. The van der Waals surface area contributed by atoms with E-state index in [2.05, 4.69) is 10.3 Å². The number of anilines is 2. The molecule has 0 radical (unpaired) electrons. The quantitative estimate of drug-likeness (QED) is 0.647. The van der Waals surface area contributed by atoms with Gasteiger partial charge in [0, 0.05) is 18.4 Å². The van der Waals surface area contributed by atoms with Crippen molar-refractivity contribution in [1.82, 2.24) is 4.98 Å². The van der Waals surface area contributed by atoms with Gasteiger partial charge in [-0.3, -0.25) is 0 Å². The summed E-state index contributed by atoms with van der Waals surface area (Å²) in [6.07, 6.45) is 1.62. The summed E-state index contributed by atoms with van der Waals surface area (Å²) in [6.45, 7) is 0.557. The van der Waals surface area contributed by atoms with Crippen LogP contribution in [0.1, 0.15) is 15.9 Å². The van der Waals surface area contributed by atoms with Gasteiger partial charge in [-0.25, -0.2) is 9.78 Å². The van der Waals surface area contributed by atoms with Crippen LogP contribution in [0, 0.1) is 0 Å². The normalized spacial score (nSPS) is 9.95. The predicted octanol–water partition coefficient (Wildman–Crippen LogP) is 2.06. The maximum absolute atomic E-state index is 11.6. The molecule has 0 atom stereocenters. The number of aromatic nitrogens is 1. The number of carbonyl (C=O) groups excluding carboxylic acids is 1. The van der Waals surface area contributed by atoms with E-state index in [1.807, 2.05) is 24.3 Å². The molecule has 1 aromatic carbocycles. The van der Waals surface area contributed by atoms with Crippen molar-refractivity contribution in [3.8, 4) is 0 Å². The number of carbonyl (C=O) groups is 1. The number of hydrogen-bond acceptors (Lipinski definition) is 5. The number of nitrogens with two attached hydrogens (primary N) is 1. The third kappa shape index (κ3) is 3.22. The third-order valence-corrected chi connectivity index (χ3v) is 2.65. The Morgan fingerprint density at radius 2 is 2.05 bits per heavy atom. The molecule has 0 fully saturated rings. The van der Waals surface area contributed by atoms with Gasteiger partial charge < -0.3 is 15.8 Å². The fourth-order valence-corrected chi connectivity index (χ4v) is 1.64. The second-order valence-corrected chi connectivity index (χ2v) is 3.99. The SMILES string of the molecule is COC(=O)c1cccnc1NCc1ccc(N)cc1. The summed E-state index contributed by atoms with van der Waals surface area (Å²) in [4.78, 5) is 15.7. The summed E-state index contributed by atoms with van der Waals surface area (Å²) < 4.78 is 4.71. The van der Waals surface area contributed by atoms with Gasteiger partial charge in [0.25, 0.3) is 0 Å². The molecule has 2 aromatic rings. The van der Waals surface area contributed by atoms with E-state index >= 15 is 0 Å². The Labute approximate surface area is 111 Å². The first-order valence-electron chi connectivity index (χ1n) is 5.82. The van der Waals surface area contributed by atoms with Crippen molar-refractivity contribution < 1.29 is 9.53 Å². The predicted molar refractivity (Wildman–Crippen MR) is 73.8 cm³/mol. The van der Waals surface area contributed by atoms with Crippen LogP contribution in [-0.4, -0.2) is 18.1 Å². The molecule has 98 valence electrons. The number of nitrogens with zero attached hydrogens (tertiary/aromatic N) is 1. The number of rotatable bonds is 4. The van der Waals surface area contributed by atoms with Gasteiger partial charge in [0.2, 0.25) is 0 Å². The number of nitrogen functional groups attached to an aromatic ring is 1. The zero-order chi connectivity index (χ0) is 13.7. The lowest BCUT2D eigenvalue weighted by atomic mass is 10.2. The number of hydrogen-bond donors (Lipinski definition) is 2. The second kappa shape index (κ2) is 5.86. The maximum Gasteiger partial charge on any atom is 0.341 e.